The molecular weight excluding hydrogens is 330 g/mol. The Morgan fingerprint density at radius 3 is 2.69 bits per heavy atom. The van der Waals surface area contributed by atoms with Gasteiger partial charge in [0.1, 0.15) is 0 Å². The van der Waals surface area contributed by atoms with E-state index in [1.807, 2.05) is 0 Å². The maximum atomic E-state index is 2.59. The molecule has 1 unspecified atom stereocenters. The molecule has 4 rings (SSSR count). The van der Waals surface area contributed by atoms with E-state index in [-0.39, 0.29) is 5.04 Å². The normalized spacial score (nSPS) is 23.6. The van der Waals surface area contributed by atoms with Crippen LogP contribution in [0, 0.1) is 0 Å². The third-order valence-corrected chi connectivity index (χ3v) is 8.74. The molecule has 0 saturated heterocycles. The lowest BCUT2D eigenvalue weighted by atomic mass is 9.87. The van der Waals surface area contributed by atoms with Crippen molar-refractivity contribution < 1.29 is 0 Å². The third kappa shape index (κ3) is 2.91. The third-order valence-electron chi connectivity index (χ3n) is 6.10. The first kappa shape index (κ1) is 17.5. The van der Waals surface area contributed by atoms with Crippen LogP contribution >= 0.6 is 0 Å². The molecule has 0 aromatic heterocycles. The average molecular weight is 360 g/mol. The molecular formula is C24H29NSi. The Labute approximate surface area is 159 Å². The quantitative estimate of drug-likeness (QED) is 0.727. The highest BCUT2D eigenvalue weighted by Crippen LogP contribution is 2.50. The fourth-order valence-electron chi connectivity index (χ4n) is 4.44. The molecule has 0 saturated carbocycles. The molecule has 0 aliphatic heterocycles. The summed E-state index contributed by atoms with van der Waals surface area (Å²) >= 11 is 0. The Kier molecular flexibility index (Phi) is 4.50. The molecule has 134 valence electrons. The molecule has 1 atom stereocenters. The van der Waals surface area contributed by atoms with Crippen LogP contribution in [0.1, 0.15) is 12.8 Å². The highest BCUT2D eigenvalue weighted by Gasteiger charge is 2.37. The van der Waals surface area contributed by atoms with Crippen molar-refractivity contribution in [1.29, 1.82) is 0 Å². The summed E-state index contributed by atoms with van der Waals surface area (Å²) in [5.41, 5.74) is 5.96. The molecule has 3 aliphatic carbocycles. The largest absolute Gasteiger partial charge is 0.309 e. The van der Waals surface area contributed by atoms with Crippen LogP contribution in [0.15, 0.2) is 71.4 Å². The van der Waals surface area contributed by atoms with Crippen LogP contribution < -0.4 is 10.4 Å². The zero-order valence-electron chi connectivity index (χ0n) is 16.4. The van der Waals surface area contributed by atoms with Gasteiger partial charge in [-0.25, -0.2) is 0 Å². The Balaban J connectivity index is 1.71. The minimum atomic E-state index is -0.966. The van der Waals surface area contributed by atoms with E-state index in [0.29, 0.717) is 0 Å². The molecule has 3 aliphatic rings. The fourth-order valence-corrected chi connectivity index (χ4v) is 6.38. The standard InChI is InChI=1S/C24H29NSi/c1-25(2)14-12-18-9-10-21(15-18)24(26(3)4)13-11-23-20(17-24)16-19-7-5-6-8-22(19)23/h5-9,11,13,15-17,26H,10,12,14H2,1-4H3. The lowest BCUT2D eigenvalue weighted by Gasteiger charge is -2.36. The molecule has 0 amide bonds. The number of benzene rings is 1. The van der Waals surface area contributed by atoms with Crippen molar-refractivity contribution in [2.75, 3.05) is 20.6 Å². The number of nitrogens with zero attached hydrogens (tertiary/aromatic N) is 1. The Bertz CT molecular complexity index is 972. The van der Waals surface area contributed by atoms with Gasteiger partial charge in [-0.2, -0.15) is 0 Å². The van der Waals surface area contributed by atoms with Gasteiger partial charge in [-0.05, 0) is 54.6 Å². The molecule has 0 heterocycles. The van der Waals surface area contributed by atoms with Crippen molar-refractivity contribution in [2.45, 2.75) is 31.0 Å². The van der Waals surface area contributed by atoms with Crippen LogP contribution in [0.25, 0.3) is 11.6 Å². The van der Waals surface area contributed by atoms with Gasteiger partial charge >= 0.3 is 0 Å². The second-order valence-corrected chi connectivity index (χ2v) is 11.6. The van der Waals surface area contributed by atoms with E-state index in [0.717, 1.165) is 19.4 Å². The Morgan fingerprint density at radius 2 is 1.92 bits per heavy atom. The zero-order valence-corrected chi connectivity index (χ0v) is 17.6. The second kappa shape index (κ2) is 6.68. The maximum absolute atomic E-state index is 2.59. The molecule has 2 heteroatoms. The van der Waals surface area contributed by atoms with Crippen LogP contribution in [0.4, 0.5) is 0 Å². The van der Waals surface area contributed by atoms with E-state index in [2.05, 4.69) is 92.8 Å². The van der Waals surface area contributed by atoms with Gasteiger partial charge in [0.05, 0.1) is 8.80 Å². The number of fused-ring (bicyclic) bond motifs is 2. The van der Waals surface area contributed by atoms with Crippen LogP contribution in [0.2, 0.25) is 18.1 Å². The van der Waals surface area contributed by atoms with E-state index in [1.54, 1.807) is 5.57 Å². The van der Waals surface area contributed by atoms with Gasteiger partial charge < -0.3 is 4.90 Å². The van der Waals surface area contributed by atoms with Gasteiger partial charge in [0.15, 0.2) is 0 Å². The summed E-state index contributed by atoms with van der Waals surface area (Å²) in [6, 6.07) is 8.78. The molecule has 1 nitrogen and oxygen atoms in total. The van der Waals surface area contributed by atoms with E-state index in [9.17, 15) is 0 Å². The number of hydrogen-bond donors (Lipinski definition) is 0. The summed E-state index contributed by atoms with van der Waals surface area (Å²) in [5, 5.41) is 2.93. The zero-order chi connectivity index (χ0) is 18.3. The molecule has 26 heavy (non-hydrogen) atoms. The molecule has 0 radical (unpaired) electrons. The van der Waals surface area contributed by atoms with Gasteiger partial charge in [0, 0.05) is 11.6 Å². The summed E-state index contributed by atoms with van der Waals surface area (Å²) in [5.74, 6) is 0. The van der Waals surface area contributed by atoms with E-state index in [1.165, 1.54) is 27.2 Å². The minimum absolute atomic E-state index is 0.174. The first-order valence-electron chi connectivity index (χ1n) is 9.78. The maximum Gasteiger partial charge on any atom is 0.0519 e. The molecule has 0 spiro atoms. The van der Waals surface area contributed by atoms with Crippen LogP contribution in [-0.2, 0) is 0 Å². The average Bonchev–Trinajstić information content (AvgIpc) is 3.23. The highest BCUT2D eigenvalue weighted by molar-refractivity contribution is 6.62. The van der Waals surface area contributed by atoms with Crippen molar-refractivity contribution in [3.8, 4) is 0 Å². The molecule has 1 aromatic carbocycles. The Morgan fingerprint density at radius 1 is 1.12 bits per heavy atom. The van der Waals surface area contributed by atoms with Crippen LogP contribution in [-0.4, -0.2) is 34.3 Å². The molecule has 1 aromatic rings. The second-order valence-electron chi connectivity index (χ2n) is 8.37. The first-order chi connectivity index (χ1) is 12.5. The van der Waals surface area contributed by atoms with Crippen LogP contribution in [0.5, 0.6) is 0 Å². The van der Waals surface area contributed by atoms with Crippen molar-refractivity contribution in [1.82, 2.24) is 4.90 Å². The highest BCUT2D eigenvalue weighted by atomic mass is 28.3. The topological polar surface area (TPSA) is 3.24 Å². The fraction of sp³-hybridized carbons (Fsp3) is 0.333. The lowest BCUT2D eigenvalue weighted by Crippen LogP contribution is -2.28. The summed E-state index contributed by atoms with van der Waals surface area (Å²) in [6.45, 7) is 6.11. The van der Waals surface area contributed by atoms with Crippen molar-refractivity contribution in [3.05, 3.63) is 81.8 Å². The van der Waals surface area contributed by atoms with E-state index in [4.69, 9.17) is 0 Å². The van der Waals surface area contributed by atoms with Gasteiger partial charge in [-0.1, -0.05) is 78.9 Å². The van der Waals surface area contributed by atoms with E-state index >= 15 is 0 Å². The monoisotopic (exact) mass is 359 g/mol. The summed E-state index contributed by atoms with van der Waals surface area (Å²) < 4.78 is 0. The minimum Gasteiger partial charge on any atom is -0.309 e. The first-order valence-corrected chi connectivity index (χ1v) is 12.7. The van der Waals surface area contributed by atoms with Crippen molar-refractivity contribution in [2.24, 2.45) is 0 Å². The lowest BCUT2D eigenvalue weighted by molar-refractivity contribution is 0.414. The number of rotatable bonds is 5. The van der Waals surface area contributed by atoms with Gasteiger partial charge in [-0.3, -0.25) is 0 Å². The predicted octanol–water partition coefficient (Wildman–Crippen LogP) is 3.56. The SMILES string of the molecule is CN(C)CCC1=CCC(C2([SiH](C)C)C=CC3=c4ccccc4=CC3=C2)=C1. The molecule has 0 fully saturated rings. The summed E-state index contributed by atoms with van der Waals surface area (Å²) in [6.07, 6.45) is 17.1. The van der Waals surface area contributed by atoms with Gasteiger partial charge in [-0.15, -0.1) is 0 Å². The summed E-state index contributed by atoms with van der Waals surface area (Å²) in [4.78, 5) is 2.27. The number of hydrogen-bond acceptors (Lipinski definition) is 1. The van der Waals surface area contributed by atoms with Crippen molar-refractivity contribution in [3.63, 3.8) is 0 Å². The van der Waals surface area contributed by atoms with Gasteiger partial charge in [0.2, 0.25) is 0 Å². The molecule has 0 N–H and O–H groups in total. The smallest absolute Gasteiger partial charge is 0.0519 e. The van der Waals surface area contributed by atoms with Gasteiger partial charge in [0.25, 0.3) is 0 Å². The molecule has 0 bridgehead atoms. The van der Waals surface area contributed by atoms with E-state index < -0.39 is 8.80 Å². The Hall–Kier alpha value is -1.90. The number of allylic oxidation sites excluding steroid dienone is 7. The predicted molar refractivity (Wildman–Crippen MR) is 116 cm³/mol. The summed E-state index contributed by atoms with van der Waals surface area (Å²) in [7, 11) is 3.34. The van der Waals surface area contributed by atoms with Crippen molar-refractivity contribution >= 4 is 20.4 Å². The van der Waals surface area contributed by atoms with Crippen LogP contribution in [0.3, 0.4) is 0 Å².